The van der Waals surface area contributed by atoms with E-state index in [4.69, 9.17) is 21.3 Å². The Hall–Kier alpha value is -2.11. The lowest BCUT2D eigenvalue weighted by atomic mass is 9.96. The van der Waals surface area contributed by atoms with E-state index >= 15 is 0 Å². The number of methoxy groups -OCH3 is 1. The Morgan fingerprint density at radius 2 is 1.92 bits per heavy atom. The van der Waals surface area contributed by atoms with E-state index in [0.717, 1.165) is 36.6 Å². The molecule has 1 aromatic heterocycles. The topological polar surface area (TPSA) is 45.7 Å². The smallest absolute Gasteiger partial charge is 0.409 e. The molecule has 4 rings (SSSR count). The Kier molecular flexibility index (Phi) is 4.83. The number of halogens is 1. The van der Waals surface area contributed by atoms with Crippen molar-refractivity contribution in [2.24, 2.45) is 0 Å². The molecule has 1 aliphatic heterocycles. The van der Waals surface area contributed by atoms with Gasteiger partial charge in [-0.25, -0.2) is 4.79 Å². The van der Waals surface area contributed by atoms with Gasteiger partial charge in [-0.1, -0.05) is 23.7 Å². The van der Waals surface area contributed by atoms with Crippen LogP contribution in [0.25, 0.3) is 0 Å². The van der Waals surface area contributed by atoms with E-state index in [9.17, 15) is 4.79 Å². The summed E-state index contributed by atoms with van der Waals surface area (Å²) in [5.74, 6) is 0. The summed E-state index contributed by atoms with van der Waals surface area (Å²) in [6.45, 7) is 2.90. The van der Waals surface area contributed by atoms with Crippen LogP contribution in [0, 0.1) is 0 Å². The average Bonchev–Trinajstić information content (AvgIpc) is 2.84. The molecule has 2 aliphatic rings. The standard InChI is InChI=1S/C20H22ClN3O2/c1-26-20(25)24-11-9-23(10-12-24)19-17-7-6-16(21)13-15(17)5-4-14-3-2-8-22-18(14)19/h2-3,6-8,13,19H,4-5,9-12H2,1H3/t19-/m0/s1. The molecule has 26 heavy (non-hydrogen) atoms. The number of piperazine rings is 1. The second-order valence-electron chi connectivity index (χ2n) is 6.79. The lowest BCUT2D eigenvalue weighted by molar-refractivity contribution is 0.0805. The molecule has 6 heteroatoms. The average molecular weight is 372 g/mol. The highest BCUT2D eigenvalue weighted by molar-refractivity contribution is 6.30. The third kappa shape index (κ3) is 3.17. The van der Waals surface area contributed by atoms with E-state index in [1.807, 2.05) is 18.3 Å². The highest BCUT2D eigenvalue weighted by Crippen LogP contribution is 2.37. The summed E-state index contributed by atoms with van der Waals surface area (Å²) >= 11 is 6.26. The van der Waals surface area contributed by atoms with Crippen LogP contribution in [0.15, 0.2) is 36.5 Å². The minimum absolute atomic E-state index is 0.0979. The number of ether oxygens (including phenoxy) is 1. The van der Waals surface area contributed by atoms with E-state index in [0.29, 0.717) is 13.1 Å². The van der Waals surface area contributed by atoms with Gasteiger partial charge in [-0.2, -0.15) is 0 Å². The van der Waals surface area contributed by atoms with Gasteiger partial charge < -0.3 is 9.64 Å². The predicted octanol–water partition coefficient (Wildman–Crippen LogP) is 3.31. The maximum atomic E-state index is 11.8. The zero-order chi connectivity index (χ0) is 18.1. The molecule has 1 aliphatic carbocycles. The summed E-state index contributed by atoms with van der Waals surface area (Å²) in [5.41, 5.74) is 4.98. The van der Waals surface area contributed by atoms with Crippen molar-refractivity contribution in [3.8, 4) is 0 Å². The van der Waals surface area contributed by atoms with E-state index in [2.05, 4.69) is 23.1 Å². The number of nitrogens with zero attached hydrogens (tertiary/aromatic N) is 3. The summed E-state index contributed by atoms with van der Waals surface area (Å²) in [5, 5.41) is 0.775. The molecular weight excluding hydrogens is 350 g/mol. The highest BCUT2D eigenvalue weighted by Gasteiger charge is 2.33. The van der Waals surface area contributed by atoms with Crippen molar-refractivity contribution in [3.63, 3.8) is 0 Å². The Labute approximate surface area is 158 Å². The highest BCUT2D eigenvalue weighted by atomic mass is 35.5. The molecule has 136 valence electrons. The number of hydrogen-bond donors (Lipinski definition) is 0. The Morgan fingerprint density at radius 1 is 1.15 bits per heavy atom. The van der Waals surface area contributed by atoms with Crippen LogP contribution in [0.3, 0.4) is 0 Å². The number of amides is 1. The number of benzene rings is 1. The fraction of sp³-hybridized carbons (Fsp3) is 0.400. The molecular formula is C20H22ClN3O2. The summed E-state index contributed by atoms with van der Waals surface area (Å²) in [6, 6.07) is 10.5. The number of fused-ring (bicyclic) bond motifs is 2. The van der Waals surface area contributed by atoms with E-state index in [1.165, 1.54) is 23.8 Å². The quantitative estimate of drug-likeness (QED) is 0.771. The van der Waals surface area contributed by atoms with Gasteiger partial charge in [0.15, 0.2) is 0 Å². The maximum Gasteiger partial charge on any atom is 0.409 e. The Balaban J connectivity index is 1.70. The Bertz CT molecular complexity index is 818. The minimum atomic E-state index is -0.253. The number of rotatable bonds is 1. The Morgan fingerprint density at radius 3 is 2.69 bits per heavy atom. The van der Waals surface area contributed by atoms with Crippen LogP contribution in [0.2, 0.25) is 5.02 Å². The first-order valence-corrected chi connectivity index (χ1v) is 9.34. The SMILES string of the molecule is COC(=O)N1CCN([C@H]2c3ccc(Cl)cc3CCc3cccnc32)CC1. The van der Waals surface area contributed by atoms with Gasteiger partial charge in [0.1, 0.15) is 0 Å². The van der Waals surface area contributed by atoms with Gasteiger partial charge in [-0.15, -0.1) is 0 Å². The van der Waals surface area contributed by atoms with E-state index in [-0.39, 0.29) is 12.1 Å². The third-order valence-corrected chi connectivity index (χ3v) is 5.60. The number of aromatic nitrogens is 1. The first-order valence-electron chi connectivity index (χ1n) is 8.96. The molecule has 0 saturated carbocycles. The minimum Gasteiger partial charge on any atom is -0.453 e. The zero-order valence-electron chi connectivity index (χ0n) is 14.8. The largest absolute Gasteiger partial charge is 0.453 e. The molecule has 5 nitrogen and oxygen atoms in total. The summed E-state index contributed by atoms with van der Waals surface area (Å²) in [6.07, 6.45) is 3.55. The second kappa shape index (κ2) is 7.25. The van der Waals surface area contributed by atoms with Crippen molar-refractivity contribution in [3.05, 3.63) is 63.9 Å². The van der Waals surface area contributed by atoms with Crippen molar-refractivity contribution in [1.29, 1.82) is 0 Å². The van der Waals surface area contributed by atoms with Gasteiger partial charge in [-0.05, 0) is 47.7 Å². The van der Waals surface area contributed by atoms with Crippen LogP contribution in [0.4, 0.5) is 4.79 Å². The molecule has 0 radical (unpaired) electrons. The molecule has 2 heterocycles. The molecule has 2 aromatic rings. The van der Waals surface area contributed by atoms with Crippen molar-refractivity contribution >= 4 is 17.7 Å². The zero-order valence-corrected chi connectivity index (χ0v) is 15.6. The molecule has 0 bridgehead atoms. The molecule has 1 aromatic carbocycles. The van der Waals surface area contributed by atoms with Crippen LogP contribution >= 0.6 is 11.6 Å². The van der Waals surface area contributed by atoms with Crippen molar-refractivity contribution < 1.29 is 9.53 Å². The van der Waals surface area contributed by atoms with Crippen molar-refractivity contribution in [2.75, 3.05) is 33.3 Å². The van der Waals surface area contributed by atoms with Crippen LogP contribution in [0.5, 0.6) is 0 Å². The van der Waals surface area contributed by atoms with Crippen LogP contribution in [-0.2, 0) is 17.6 Å². The van der Waals surface area contributed by atoms with Gasteiger partial charge in [0, 0.05) is 37.4 Å². The second-order valence-corrected chi connectivity index (χ2v) is 7.22. The predicted molar refractivity (Wildman–Crippen MR) is 100 cm³/mol. The maximum absolute atomic E-state index is 11.8. The monoisotopic (exact) mass is 371 g/mol. The molecule has 1 saturated heterocycles. The molecule has 0 unspecified atom stereocenters. The van der Waals surface area contributed by atoms with Gasteiger partial charge >= 0.3 is 6.09 Å². The molecule has 1 amide bonds. The molecule has 0 N–H and O–H groups in total. The lowest BCUT2D eigenvalue weighted by Gasteiger charge is -2.39. The van der Waals surface area contributed by atoms with Crippen LogP contribution in [0.1, 0.15) is 28.4 Å². The number of hydrogen-bond acceptors (Lipinski definition) is 4. The normalized spacial score (nSPS) is 20.1. The number of pyridine rings is 1. The fourth-order valence-electron chi connectivity index (χ4n) is 4.04. The van der Waals surface area contributed by atoms with Crippen molar-refractivity contribution in [2.45, 2.75) is 18.9 Å². The first kappa shape index (κ1) is 17.3. The third-order valence-electron chi connectivity index (χ3n) is 5.36. The summed E-state index contributed by atoms with van der Waals surface area (Å²) in [7, 11) is 1.43. The number of carbonyl (C=O) groups excluding carboxylic acids is 1. The molecule has 1 atom stereocenters. The van der Waals surface area contributed by atoms with Gasteiger partial charge in [0.2, 0.25) is 0 Å². The first-order chi connectivity index (χ1) is 12.7. The fourth-order valence-corrected chi connectivity index (χ4v) is 4.24. The number of carbonyl (C=O) groups is 1. The van der Waals surface area contributed by atoms with E-state index < -0.39 is 0 Å². The van der Waals surface area contributed by atoms with E-state index in [1.54, 1.807) is 4.90 Å². The van der Waals surface area contributed by atoms with Crippen LogP contribution < -0.4 is 0 Å². The van der Waals surface area contributed by atoms with Gasteiger partial charge in [0.05, 0.1) is 18.8 Å². The molecule has 1 fully saturated rings. The van der Waals surface area contributed by atoms with Gasteiger partial charge in [-0.3, -0.25) is 9.88 Å². The lowest BCUT2D eigenvalue weighted by Crippen LogP contribution is -2.50. The summed E-state index contributed by atoms with van der Waals surface area (Å²) < 4.78 is 4.86. The number of aryl methyl sites for hydroxylation is 2. The van der Waals surface area contributed by atoms with Crippen molar-refractivity contribution in [1.82, 2.24) is 14.8 Å². The summed E-state index contributed by atoms with van der Waals surface area (Å²) in [4.78, 5) is 20.7. The van der Waals surface area contributed by atoms with Gasteiger partial charge in [0.25, 0.3) is 0 Å². The molecule has 0 spiro atoms. The van der Waals surface area contributed by atoms with Crippen LogP contribution in [-0.4, -0.2) is 54.2 Å².